The summed E-state index contributed by atoms with van der Waals surface area (Å²) in [5.41, 5.74) is 0. The number of hydrogen-bond acceptors (Lipinski definition) is 2. The average Bonchev–Trinajstić information content (AvgIpc) is 1.83. The second-order valence-corrected chi connectivity index (χ2v) is 3.31. The third-order valence-corrected chi connectivity index (χ3v) is 0.976. The van der Waals surface area contributed by atoms with Crippen LogP contribution in [0.5, 0.6) is 0 Å². The molecule has 13 heavy (non-hydrogen) atoms. The maximum absolute atomic E-state index is 9.51. The van der Waals surface area contributed by atoms with Gasteiger partial charge in [0.2, 0.25) is 0 Å². The lowest BCUT2D eigenvalue weighted by atomic mass is 10.3. The molecule has 0 aromatic heterocycles. The van der Waals surface area contributed by atoms with Crippen LogP contribution in [0.3, 0.4) is 0 Å². The second-order valence-electron chi connectivity index (χ2n) is 3.31. The quantitative estimate of drug-likeness (QED) is 0.665. The van der Waals surface area contributed by atoms with Crippen LogP contribution in [0.2, 0.25) is 0 Å². The summed E-state index contributed by atoms with van der Waals surface area (Å²) in [7, 11) is 0. The van der Waals surface area contributed by atoms with Gasteiger partial charge >= 0.3 is 5.97 Å². The second kappa shape index (κ2) is 9.26. The van der Waals surface area contributed by atoms with Gasteiger partial charge in [0.15, 0.2) is 0 Å². The molecule has 0 heterocycles. The summed E-state index contributed by atoms with van der Waals surface area (Å²) in [6.07, 6.45) is 2.56. The minimum absolute atomic E-state index is 0.625. The number of carboxylic acid groups (broad SMARTS) is 1. The molecule has 0 aliphatic carbocycles. The van der Waals surface area contributed by atoms with E-state index in [0.717, 1.165) is 6.08 Å². The lowest BCUT2D eigenvalue weighted by molar-refractivity contribution is -0.131. The molecule has 3 nitrogen and oxygen atoms in total. The summed E-state index contributed by atoms with van der Waals surface area (Å²) in [4.78, 5) is 9.51. The van der Waals surface area contributed by atoms with Gasteiger partial charge in [0.1, 0.15) is 0 Å². The number of hydrogen-bond donors (Lipinski definition) is 2. The fraction of sp³-hybridized carbons (Fsp3) is 0.700. The average molecular weight is 187 g/mol. The zero-order valence-electron chi connectivity index (χ0n) is 9.16. The number of rotatable bonds is 3. The summed E-state index contributed by atoms with van der Waals surface area (Å²) in [6.45, 7) is 10.3. The highest BCUT2D eigenvalue weighted by molar-refractivity contribution is 5.79. The monoisotopic (exact) mass is 187 g/mol. The Hall–Kier alpha value is -0.830. The molecule has 78 valence electrons. The summed E-state index contributed by atoms with van der Waals surface area (Å²) in [5.74, 6) is -0.891. The molecule has 0 spiro atoms. The summed E-state index contributed by atoms with van der Waals surface area (Å²) in [6, 6.07) is 1.25. The first-order valence-corrected chi connectivity index (χ1v) is 4.51. The maximum Gasteiger partial charge on any atom is 0.327 e. The molecule has 0 aliphatic heterocycles. The van der Waals surface area contributed by atoms with Gasteiger partial charge in [-0.25, -0.2) is 4.79 Å². The Morgan fingerprint density at radius 3 is 1.62 bits per heavy atom. The highest BCUT2D eigenvalue weighted by Gasteiger charge is 1.92. The number of aliphatic carboxylic acids is 1. The van der Waals surface area contributed by atoms with E-state index in [1.165, 1.54) is 6.08 Å². The van der Waals surface area contributed by atoms with Crippen LogP contribution in [0, 0.1) is 0 Å². The topological polar surface area (TPSA) is 49.3 Å². The standard InChI is InChI=1S/C6H15N.C4H6O2/c1-5(2)7-6(3)4;1-2-3-4(5)6/h5-7H,1-4H3;2-3H,1H3,(H,5,6)/b;3-2+. The molecule has 0 saturated heterocycles. The minimum atomic E-state index is -0.891. The normalized spacial score (nSPS) is 10.4. The first-order chi connectivity index (χ1) is 5.90. The third kappa shape index (κ3) is 24.7. The molecule has 0 amide bonds. The van der Waals surface area contributed by atoms with Crippen molar-refractivity contribution in [2.24, 2.45) is 0 Å². The van der Waals surface area contributed by atoms with Crippen LogP contribution in [0.25, 0.3) is 0 Å². The van der Waals surface area contributed by atoms with E-state index in [0.29, 0.717) is 12.1 Å². The molecule has 0 aromatic carbocycles. The van der Waals surface area contributed by atoms with Crippen molar-refractivity contribution in [3.63, 3.8) is 0 Å². The van der Waals surface area contributed by atoms with E-state index in [4.69, 9.17) is 5.11 Å². The highest BCUT2D eigenvalue weighted by Crippen LogP contribution is 1.80. The Bertz CT molecular complexity index is 145. The molecule has 0 fully saturated rings. The van der Waals surface area contributed by atoms with E-state index in [1.54, 1.807) is 6.92 Å². The van der Waals surface area contributed by atoms with Crippen molar-refractivity contribution in [2.45, 2.75) is 46.7 Å². The zero-order valence-corrected chi connectivity index (χ0v) is 9.16. The number of carbonyl (C=O) groups is 1. The fourth-order valence-corrected chi connectivity index (χ4v) is 0.809. The molecule has 0 atom stereocenters. The van der Waals surface area contributed by atoms with Gasteiger partial charge < -0.3 is 10.4 Å². The Labute approximate surface area is 80.8 Å². The summed E-state index contributed by atoms with van der Waals surface area (Å²) < 4.78 is 0. The summed E-state index contributed by atoms with van der Waals surface area (Å²) in [5, 5.41) is 11.1. The molecular formula is C10H21NO2. The molecule has 0 rings (SSSR count). The van der Waals surface area contributed by atoms with Crippen LogP contribution >= 0.6 is 0 Å². The fourth-order valence-electron chi connectivity index (χ4n) is 0.809. The van der Waals surface area contributed by atoms with E-state index < -0.39 is 5.97 Å². The van der Waals surface area contributed by atoms with Gasteiger partial charge in [0.25, 0.3) is 0 Å². The predicted molar refractivity (Wildman–Crippen MR) is 55.9 cm³/mol. The van der Waals surface area contributed by atoms with Gasteiger partial charge in [0, 0.05) is 18.2 Å². The van der Waals surface area contributed by atoms with Crippen molar-refractivity contribution in [3.05, 3.63) is 12.2 Å². The van der Waals surface area contributed by atoms with E-state index in [9.17, 15) is 4.79 Å². The molecular weight excluding hydrogens is 166 g/mol. The number of carboxylic acids is 1. The van der Waals surface area contributed by atoms with E-state index in [2.05, 4.69) is 33.0 Å². The van der Waals surface area contributed by atoms with Gasteiger partial charge in [-0.1, -0.05) is 33.8 Å². The highest BCUT2D eigenvalue weighted by atomic mass is 16.4. The lowest BCUT2D eigenvalue weighted by Gasteiger charge is -2.10. The predicted octanol–water partition coefficient (Wildman–Crippen LogP) is 2.04. The molecule has 0 radical (unpaired) electrons. The van der Waals surface area contributed by atoms with Crippen LogP contribution in [-0.2, 0) is 4.79 Å². The van der Waals surface area contributed by atoms with Crippen LogP contribution in [0.1, 0.15) is 34.6 Å². The first kappa shape index (κ1) is 14.7. The smallest absolute Gasteiger partial charge is 0.327 e. The Morgan fingerprint density at radius 1 is 1.23 bits per heavy atom. The third-order valence-electron chi connectivity index (χ3n) is 0.976. The SMILES string of the molecule is C/C=C/C(=O)O.CC(C)NC(C)C. The van der Waals surface area contributed by atoms with Gasteiger partial charge in [-0.15, -0.1) is 0 Å². The van der Waals surface area contributed by atoms with Crippen LogP contribution in [-0.4, -0.2) is 23.2 Å². The van der Waals surface area contributed by atoms with Crippen molar-refractivity contribution in [1.29, 1.82) is 0 Å². The lowest BCUT2D eigenvalue weighted by Crippen LogP contribution is -2.29. The molecule has 2 N–H and O–H groups in total. The number of allylic oxidation sites excluding steroid dienone is 1. The largest absolute Gasteiger partial charge is 0.478 e. The van der Waals surface area contributed by atoms with Crippen LogP contribution in [0.4, 0.5) is 0 Å². The molecule has 0 bridgehead atoms. The maximum atomic E-state index is 9.51. The molecule has 0 saturated carbocycles. The van der Waals surface area contributed by atoms with Gasteiger partial charge in [0.05, 0.1) is 0 Å². The molecule has 3 heteroatoms. The van der Waals surface area contributed by atoms with Crippen molar-refractivity contribution in [1.82, 2.24) is 5.32 Å². The van der Waals surface area contributed by atoms with Gasteiger partial charge in [-0.3, -0.25) is 0 Å². The van der Waals surface area contributed by atoms with Crippen LogP contribution < -0.4 is 5.32 Å². The van der Waals surface area contributed by atoms with E-state index in [1.807, 2.05) is 0 Å². The molecule has 0 aliphatic rings. The van der Waals surface area contributed by atoms with Crippen molar-refractivity contribution in [3.8, 4) is 0 Å². The van der Waals surface area contributed by atoms with Gasteiger partial charge in [-0.2, -0.15) is 0 Å². The number of nitrogens with one attached hydrogen (secondary N) is 1. The van der Waals surface area contributed by atoms with Gasteiger partial charge in [-0.05, 0) is 6.92 Å². The van der Waals surface area contributed by atoms with Crippen molar-refractivity contribution in [2.75, 3.05) is 0 Å². The zero-order chi connectivity index (χ0) is 10.9. The Morgan fingerprint density at radius 2 is 1.62 bits per heavy atom. The Balaban J connectivity index is 0. The minimum Gasteiger partial charge on any atom is -0.478 e. The Kier molecular flexibility index (Phi) is 10.5. The molecule has 0 unspecified atom stereocenters. The first-order valence-electron chi connectivity index (χ1n) is 4.51. The van der Waals surface area contributed by atoms with E-state index in [-0.39, 0.29) is 0 Å². The van der Waals surface area contributed by atoms with E-state index >= 15 is 0 Å². The van der Waals surface area contributed by atoms with Crippen molar-refractivity contribution < 1.29 is 9.90 Å². The van der Waals surface area contributed by atoms with Crippen LogP contribution in [0.15, 0.2) is 12.2 Å². The summed E-state index contributed by atoms with van der Waals surface area (Å²) >= 11 is 0. The van der Waals surface area contributed by atoms with Crippen molar-refractivity contribution >= 4 is 5.97 Å². The molecule has 0 aromatic rings.